The first-order valence-electron chi connectivity index (χ1n) is 7.01. The van der Waals surface area contributed by atoms with Crippen molar-refractivity contribution >= 4 is 38.6 Å². The Morgan fingerprint density at radius 1 is 0.895 bits per heavy atom. The average Bonchev–Trinajstić information content (AvgIpc) is 3.08. The van der Waals surface area contributed by atoms with Gasteiger partial charge >= 0.3 is 0 Å². The average molecular weight is 359 g/mol. The van der Waals surface area contributed by atoms with E-state index in [9.17, 15) is 0 Å². The van der Waals surface area contributed by atoms with Gasteiger partial charge in [-0.15, -0.1) is 0 Å². The molecule has 2 rings (SSSR count). The predicted molar refractivity (Wildman–Crippen MR) is 93.4 cm³/mol. The summed E-state index contributed by atoms with van der Waals surface area (Å²) in [4.78, 5) is 0. The number of rotatable bonds is 7. The molecule has 0 saturated carbocycles. The Bertz CT molecular complexity index is 379. The lowest BCUT2D eigenvalue weighted by atomic mass is 10.1. The minimum Gasteiger partial charge on any atom is -0.152 e. The van der Waals surface area contributed by atoms with Gasteiger partial charge in [0.2, 0.25) is 0 Å². The number of unbranched alkanes of at least 4 members (excludes halogenated alkanes) is 5. The van der Waals surface area contributed by atoms with Gasteiger partial charge in [0, 0.05) is 9.85 Å². The van der Waals surface area contributed by atoms with Crippen molar-refractivity contribution < 1.29 is 0 Å². The second kappa shape index (κ2) is 11.7. The maximum atomic E-state index is 3.29. The molecule has 0 spiro atoms. The molecule has 0 aliphatic carbocycles. The first-order chi connectivity index (χ1) is 9.33. The van der Waals surface area contributed by atoms with Crippen LogP contribution in [0.5, 0.6) is 0 Å². The van der Waals surface area contributed by atoms with Crippen LogP contribution in [0.4, 0.5) is 0 Å². The highest BCUT2D eigenvalue weighted by molar-refractivity contribution is 9.10. The minimum atomic E-state index is 1.17. The van der Waals surface area contributed by atoms with Gasteiger partial charge in [0.05, 0.1) is 0 Å². The summed E-state index contributed by atoms with van der Waals surface area (Å²) in [5, 5.41) is 8.52. The van der Waals surface area contributed by atoms with E-state index in [1.165, 1.54) is 55.0 Å². The van der Waals surface area contributed by atoms with E-state index >= 15 is 0 Å². The van der Waals surface area contributed by atoms with Crippen LogP contribution < -0.4 is 0 Å². The fraction of sp³-hybridized carbons (Fsp3) is 0.500. The molecule has 0 aliphatic heterocycles. The van der Waals surface area contributed by atoms with Crippen molar-refractivity contribution in [2.24, 2.45) is 0 Å². The van der Waals surface area contributed by atoms with Gasteiger partial charge in [-0.3, -0.25) is 0 Å². The maximum absolute atomic E-state index is 3.29. The summed E-state index contributed by atoms with van der Waals surface area (Å²) in [6, 6.07) is 4.27. The van der Waals surface area contributed by atoms with Crippen molar-refractivity contribution in [3.8, 4) is 0 Å². The van der Waals surface area contributed by atoms with Crippen LogP contribution in [0, 0.1) is 0 Å². The molecule has 0 atom stereocenters. The summed E-state index contributed by atoms with van der Waals surface area (Å²) in [7, 11) is 0. The van der Waals surface area contributed by atoms with Crippen molar-refractivity contribution in [2.75, 3.05) is 0 Å². The van der Waals surface area contributed by atoms with E-state index in [1.54, 1.807) is 11.3 Å². The third-order valence-corrected chi connectivity index (χ3v) is 5.10. The normalized spacial score (nSPS) is 10.0. The van der Waals surface area contributed by atoms with Crippen LogP contribution in [-0.2, 0) is 6.42 Å². The minimum absolute atomic E-state index is 1.17. The van der Waals surface area contributed by atoms with E-state index < -0.39 is 0 Å². The molecule has 0 N–H and O–H groups in total. The third-order valence-electron chi connectivity index (χ3n) is 2.89. The molecule has 106 valence electrons. The molecule has 2 heterocycles. The highest BCUT2D eigenvalue weighted by atomic mass is 79.9. The molecule has 0 nitrogen and oxygen atoms in total. The Labute approximate surface area is 134 Å². The van der Waals surface area contributed by atoms with Gasteiger partial charge in [-0.25, -0.2) is 0 Å². The lowest BCUT2D eigenvalue weighted by Crippen LogP contribution is -1.83. The quantitative estimate of drug-likeness (QED) is 0.460. The Hall–Kier alpha value is -0.120. The number of hydrogen-bond donors (Lipinski definition) is 0. The molecule has 0 aromatic carbocycles. The topological polar surface area (TPSA) is 0 Å². The van der Waals surface area contributed by atoms with Crippen LogP contribution in [0.2, 0.25) is 0 Å². The van der Waals surface area contributed by atoms with Crippen molar-refractivity contribution in [2.45, 2.75) is 51.9 Å². The first kappa shape index (κ1) is 16.9. The fourth-order valence-electron chi connectivity index (χ4n) is 1.79. The zero-order valence-electron chi connectivity index (χ0n) is 11.6. The summed E-state index contributed by atoms with van der Waals surface area (Å²) < 4.78 is 1.17. The molecule has 0 saturated heterocycles. The molecular formula is C16H23BrS2. The fourth-order valence-corrected chi connectivity index (χ4v) is 3.64. The number of thiophene rings is 2. The molecule has 0 radical (unpaired) electrons. The van der Waals surface area contributed by atoms with E-state index in [-0.39, 0.29) is 0 Å². The summed E-state index contributed by atoms with van der Waals surface area (Å²) in [5.41, 5.74) is 1.53. The highest BCUT2D eigenvalue weighted by Crippen LogP contribution is 2.12. The van der Waals surface area contributed by atoms with Crippen LogP contribution in [0.3, 0.4) is 0 Å². The molecule has 0 bridgehead atoms. The van der Waals surface area contributed by atoms with E-state index in [0.29, 0.717) is 0 Å². The molecular weight excluding hydrogens is 336 g/mol. The summed E-state index contributed by atoms with van der Waals surface area (Å²) in [6.45, 7) is 2.27. The van der Waals surface area contributed by atoms with Gasteiger partial charge in [-0.1, -0.05) is 39.0 Å². The van der Waals surface area contributed by atoms with Gasteiger partial charge in [0.25, 0.3) is 0 Å². The molecule has 3 heteroatoms. The number of aryl methyl sites for hydroxylation is 1. The number of hydrogen-bond acceptors (Lipinski definition) is 2. The predicted octanol–water partition coefficient (Wildman–Crippen LogP) is 7.16. The molecule has 2 aromatic rings. The van der Waals surface area contributed by atoms with Crippen molar-refractivity contribution in [1.29, 1.82) is 0 Å². The first-order valence-corrected chi connectivity index (χ1v) is 9.69. The lowest BCUT2D eigenvalue weighted by Gasteiger charge is -1.99. The van der Waals surface area contributed by atoms with Crippen molar-refractivity contribution in [3.05, 3.63) is 43.7 Å². The monoisotopic (exact) mass is 358 g/mol. The largest absolute Gasteiger partial charge is 0.152 e. The summed E-state index contributed by atoms with van der Waals surface area (Å²) in [6.07, 6.45) is 9.70. The van der Waals surface area contributed by atoms with Gasteiger partial charge in [-0.05, 0) is 62.6 Å². The summed E-state index contributed by atoms with van der Waals surface area (Å²) in [5.74, 6) is 0. The Morgan fingerprint density at radius 2 is 1.58 bits per heavy atom. The van der Waals surface area contributed by atoms with Crippen LogP contribution in [0.15, 0.2) is 38.1 Å². The third kappa shape index (κ3) is 9.42. The van der Waals surface area contributed by atoms with Crippen molar-refractivity contribution in [1.82, 2.24) is 0 Å². The molecule has 0 fully saturated rings. The van der Waals surface area contributed by atoms with E-state index in [2.05, 4.69) is 39.7 Å². The molecule has 0 amide bonds. The van der Waals surface area contributed by atoms with Crippen LogP contribution in [0.25, 0.3) is 0 Å². The lowest BCUT2D eigenvalue weighted by molar-refractivity contribution is 0.608. The zero-order valence-corrected chi connectivity index (χ0v) is 14.8. The van der Waals surface area contributed by atoms with Gasteiger partial charge < -0.3 is 0 Å². The molecule has 19 heavy (non-hydrogen) atoms. The van der Waals surface area contributed by atoms with E-state index in [1.807, 2.05) is 28.2 Å². The van der Waals surface area contributed by atoms with Gasteiger partial charge in [0.15, 0.2) is 0 Å². The molecule has 2 aromatic heterocycles. The SMILES string of the molecule is Brc1ccsc1.CCCCCCCCc1ccsc1. The van der Waals surface area contributed by atoms with Crippen LogP contribution >= 0.6 is 38.6 Å². The second-order valence-corrected chi connectivity index (χ2v) is 7.07. The van der Waals surface area contributed by atoms with Crippen molar-refractivity contribution in [3.63, 3.8) is 0 Å². The molecule has 0 aliphatic rings. The van der Waals surface area contributed by atoms with E-state index in [4.69, 9.17) is 0 Å². The second-order valence-electron chi connectivity index (χ2n) is 4.59. The Kier molecular flexibility index (Phi) is 10.4. The Morgan fingerprint density at radius 3 is 2.11 bits per heavy atom. The van der Waals surface area contributed by atoms with Crippen LogP contribution in [0.1, 0.15) is 51.0 Å². The van der Waals surface area contributed by atoms with Gasteiger partial charge in [-0.2, -0.15) is 22.7 Å². The summed E-state index contributed by atoms with van der Waals surface area (Å²) >= 11 is 6.80. The molecule has 0 unspecified atom stereocenters. The maximum Gasteiger partial charge on any atom is 0.0282 e. The highest BCUT2D eigenvalue weighted by Gasteiger charge is 1.93. The Balaban J connectivity index is 0.000000250. The van der Waals surface area contributed by atoms with E-state index in [0.717, 1.165) is 0 Å². The zero-order chi connectivity index (χ0) is 13.8. The number of halogens is 1. The van der Waals surface area contributed by atoms with Gasteiger partial charge in [0.1, 0.15) is 0 Å². The standard InChI is InChI=1S/C12H20S.C4H3BrS/c1-2-3-4-5-6-7-8-12-9-10-13-11-12;5-4-1-2-6-3-4/h9-11H,2-8H2,1H3;1-3H. The van der Waals surface area contributed by atoms with Crippen LogP contribution in [-0.4, -0.2) is 0 Å². The smallest absolute Gasteiger partial charge is 0.0282 e.